The lowest BCUT2D eigenvalue weighted by molar-refractivity contribution is 0.870. The van der Waals surface area contributed by atoms with E-state index >= 15 is 0 Å². The Morgan fingerprint density at radius 3 is 2.50 bits per heavy atom. The molecule has 2 rings (SSSR count). The van der Waals surface area contributed by atoms with E-state index in [-0.39, 0.29) is 0 Å². The third-order valence-corrected chi connectivity index (χ3v) is 3.12. The first-order valence-corrected chi connectivity index (χ1v) is 5.56. The van der Waals surface area contributed by atoms with E-state index in [1.165, 1.54) is 16.0 Å². The van der Waals surface area contributed by atoms with E-state index < -0.39 is 0 Å². The molecule has 0 saturated carbocycles. The third kappa shape index (κ3) is 1.70. The Hall–Kier alpha value is -1.15. The molecule has 0 aliphatic heterocycles. The van der Waals surface area contributed by atoms with Gasteiger partial charge in [-0.25, -0.2) is 4.37 Å². The minimum absolute atomic E-state index is 0.545. The molecule has 0 amide bonds. The summed E-state index contributed by atoms with van der Waals surface area (Å²) in [6, 6.07) is 10.5. The summed E-state index contributed by atoms with van der Waals surface area (Å²) < 4.78 is 4.26. The van der Waals surface area contributed by atoms with E-state index in [1.54, 1.807) is 11.5 Å². The highest BCUT2D eigenvalue weighted by Gasteiger charge is 2.10. The molecule has 1 heterocycles. The van der Waals surface area contributed by atoms with Gasteiger partial charge in [0.1, 0.15) is 0 Å². The predicted molar refractivity (Wildman–Crippen MR) is 61.6 cm³/mol. The van der Waals surface area contributed by atoms with Crippen LogP contribution in [0.1, 0.15) is 25.3 Å². The van der Waals surface area contributed by atoms with Crippen LogP contribution in [0.25, 0.3) is 10.4 Å². The van der Waals surface area contributed by atoms with Crippen LogP contribution >= 0.6 is 11.5 Å². The Kier molecular flexibility index (Phi) is 2.64. The summed E-state index contributed by atoms with van der Waals surface area (Å²) in [5.74, 6) is 0.545. The highest BCUT2D eigenvalue weighted by atomic mass is 32.1. The van der Waals surface area contributed by atoms with Crippen LogP contribution in [0.2, 0.25) is 0 Å². The topological polar surface area (TPSA) is 12.9 Å². The molecule has 2 heteroatoms. The number of benzene rings is 1. The summed E-state index contributed by atoms with van der Waals surface area (Å²) in [6.45, 7) is 4.41. The van der Waals surface area contributed by atoms with Crippen molar-refractivity contribution >= 4 is 11.5 Å². The average molecular weight is 203 g/mol. The molecular weight excluding hydrogens is 190 g/mol. The molecule has 14 heavy (non-hydrogen) atoms. The fourth-order valence-corrected chi connectivity index (χ4v) is 2.37. The highest BCUT2D eigenvalue weighted by Crippen LogP contribution is 2.31. The predicted octanol–water partition coefficient (Wildman–Crippen LogP) is 3.93. The zero-order valence-corrected chi connectivity index (χ0v) is 9.21. The van der Waals surface area contributed by atoms with E-state index in [9.17, 15) is 0 Å². The van der Waals surface area contributed by atoms with Crippen molar-refractivity contribution in [3.8, 4) is 10.4 Å². The molecule has 1 aromatic heterocycles. The summed E-state index contributed by atoms with van der Waals surface area (Å²) in [7, 11) is 0. The first kappa shape index (κ1) is 9.41. The molecular formula is C12H13NS. The van der Waals surface area contributed by atoms with Crippen molar-refractivity contribution in [2.75, 3.05) is 0 Å². The minimum atomic E-state index is 0.545. The summed E-state index contributed by atoms with van der Waals surface area (Å²) in [5, 5.41) is 0. The SMILES string of the molecule is CC(C)c1cnsc1-c1ccccc1. The largest absolute Gasteiger partial charge is 0.200 e. The van der Waals surface area contributed by atoms with Crippen LogP contribution in [0.4, 0.5) is 0 Å². The van der Waals surface area contributed by atoms with E-state index in [2.05, 4.69) is 42.5 Å². The lowest BCUT2D eigenvalue weighted by atomic mass is 10.0. The van der Waals surface area contributed by atoms with Crippen molar-refractivity contribution in [1.29, 1.82) is 0 Å². The summed E-state index contributed by atoms with van der Waals surface area (Å²) in [5.41, 5.74) is 2.62. The molecule has 0 radical (unpaired) electrons. The zero-order chi connectivity index (χ0) is 9.97. The second-order valence-corrected chi connectivity index (χ2v) is 4.43. The van der Waals surface area contributed by atoms with Crippen molar-refractivity contribution in [3.63, 3.8) is 0 Å². The fourth-order valence-electron chi connectivity index (χ4n) is 1.47. The molecule has 0 aliphatic rings. The molecule has 72 valence electrons. The van der Waals surface area contributed by atoms with Gasteiger partial charge in [0.25, 0.3) is 0 Å². The first-order valence-electron chi connectivity index (χ1n) is 4.79. The molecule has 0 spiro atoms. The van der Waals surface area contributed by atoms with E-state index in [0.717, 1.165) is 0 Å². The fraction of sp³-hybridized carbons (Fsp3) is 0.250. The maximum atomic E-state index is 4.26. The van der Waals surface area contributed by atoms with E-state index in [0.29, 0.717) is 5.92 Å². The van der Waals surface area contributed by atoms with Crippen LogP contribution in [0, 0.1) is 0 Å². The zero-order valence-electron chi connectivity index (χ0n) is 8.40. The minimum Gasteiger partial charge on any atom is -0.200 e. The van der Waals surface area contributed by atoms with Crippen molar-refractivity contribution in [3.05, 3.63) is 42.1 Å². The van der Waals surface area contributed by atoms with Gasteiger partial charge in [0.15, 0.2) is 0 Å². The van der Waals surface area contributed by atoms with Crippen molar-refractivity contribution in [1.82, 2.24) is 4.37 Å². The van der Waals surface area contributed by atoms with Gasteiger partial charge in [-0.3, -0.25) is 0 Å². The van der Waals surface area contributed by atoms with Crippen LogP contribution < -0.4 is 0 Å². The van der Waals surface area contributed by atoms with Gasteiger partial charge in [0.2, 0.25) is 0 Å². The number of nitrogens with zero attached hydrogens (tertiary/aromatic N) is 1. The lowest BCUT2D eigenvalue weighted by Gasteiger charge is -2.05. The summed E-state index contributed by atoms with van der Waals surface area (Å²) in [4.78, 5) is 1.31. The van der Waals surface area contributed by atoms with Gasteiger partial charge >= 0.3 is 0 Å². The van der Waals surface area contributed by atoms with Gasteiger partial charge in [-0.2, -0.15) is 0 Å². The Labute approximate surface area is 88.6 Å². The van der Waals surface area contributed by atoms with Crippen LogP contribution in [-0.4, -0.2) is 4.37 Å². The molecule has 1 aromatic carbocycles. The van der Waals surface area contributed by atoms with Crippen LogP contribution in [0.15, 0.2) is 36.5 Å². The third-order valence-electron chi connectivity index (χ3n) is 2.26. The van der Waals surface area contributed by atoms with Crippen molar-refractivity contribution < 1.29 is 0 Å². The van der Waals surface area contributed by atoms with Gasteiger partial charge in [-0.1, -0.05) is 44.2 Å². The van der Waals surface area contributed by atoms with Gasteiger partial charge in [-0.15, -0.1) is 0 Å². The normalized spacial score (nSPS) is 10.8. The Morgan fingerprint density at radius 2 is 1.86 bits per heavy atom. The van der Waals surface area contributed by atoms with Crippen molar-refractivity contribution in [2.45, 2.75) is 19.8 Å². The molecule has 0 unspecified atom stereocenters. The molecule has 0 atom stereocenters. The molecule has 1 nitrogen and oxygen atoms in total. The van der Waals surface area contributed by atoms with Crippen molar-refractivity contribution in [2.24, 2.45) is 0 Å². The van der Waals surface area contributed by atoms with E-state index in [1.807, 2.05) is 12.3 Å². The van der Waals surface area contributed by atoms with Gasteiger partial charge < -0.3 is 0 Å². The molecule has 0 fully saturated rings. The van der Waals surface area contributed by atoms with Crippen LogP contribution in [0.5, 0.6) is 0 Å². The Morgan fingerprint density at radius 1 is 1.14 bits per heavy atom. The molecule has 0 N–H and O–H groups in total. The highest BCUT2D eigenvalue weighted by molar-refractivity contribution is 7.09. The standard InChI is InChI=1S/C12H13NS/c1-9(2)11-8-13-14-12(11)10-6-4-3-5-7-10/h3-9H,1-2H3. The second kappa shape index (κ2) is 3.93. The van der Waals surface area contributed by atoms with Gasteiger partial charge in [-0.05, 0) is 28.6 Å². The number of hydrogen-bond acceptors (Lipinski definition) is 2. The molecule has 0 saturated heterocycles. The number of rotatable bonds is 2. The first-order chi connectivity index (χ1) is 6.79. The van der Waals surface area contributed by atoms with Gasteiger partial charge in [0, 0.05) is 6.20 Å². The molecule has 2 aromatic rings. The lowest BCUT2D eigenvalue weighted by Crippen LogP contribution is -1.86. The van der Waals surface area contributed by atoms with Gasteiger partial charge in [0.05, 0.1) is 4.88 Å². The second-order valence-electron chi connectivity index (χ2n) is 3.63. The summed E-state index contributed by atoms with van der Waals surface area (Å²) in [6.07, 6.45) is 1.98. The number of aromatic nitrogens is 1. The smallest absolute Gasteiger partial charge is 0.0584 e. The Balaban J connectivity index is 2.47. The molecule has 0 aliphatic carbocycles. The summed E-state index contributed by atoms with van der Waals surface area (Å²) >= 11 is 1.58. The quantitative estimate of drug-likeness (QED) is 0.720. The van der Waals surface area contributed by atoms with E-state index in [4.69, 9.17) is 0 Å². The molecule has 0 bridgehead atoms. The van der Waals surface area contributed by atoms with Crippen LogP contribution in [0.3, 0.4) is 0 Å². The maximum absolute atomic E-state index is 4.26. The maximum Gasteiger partial charge on any atom is 0.0584 e. The average Bonchev–Trinajstić information content (AvgIpc) is 2.67. The van der Waals surface area contributed by atoms with Crippen LogP contribution in [-0.2, 0) is 0 Å². The monoisotopic (exact) mass is 203 g/mol. The number of hydrogen-bond donors (Lipinski definition) is 0. The Bertz CT molecular complexity index is 403.